The summed E-state index contributed by atoms with van der Waals surface area (Å²) in [5.74, 6) is 0.925. The van der Waals surface area contributed by atoms with E-state index in [9.17, 15) is 4.79 Å². The van der Waals surface area contributed by atoms with Crippen LogP contribution in [-0.4, -0.2) is 36.1 Å². The maximum atomic E-state index is 12.5. The van der Waals surface area contributed by atoms with Gasteiger partial charge in [-0.15, -0.1) is 0 Å². The van der Waals surface area contributed by atoms with E-state index in [4.69, 9.17) is 14.9 Å². The number of hydrogen-bond acceptors (Lipinski definition) is 4. The van der Waals surface area contributed by atoms with Crippen LogP contribution in [0.5, 0.6) is 0 Å². The first kappa shape index (κ1) is 14.7. The van der Waals surface area contributed by atoms with Crippen LogP contribution in [0.1, 0.15) is 24.4 Å². The summed E-state index contributed by atoms with van der Waals surface area (Å²) in [4.78, 5) is 14.3. The van der Waals surface area contributed by atoms with Crippen LogP contribution < -0.4 is 5.73 Å². The van der Waals surface area contributed by atoms with Gasteiger partial charge in [0.1, 0.15) is 5.76 Å². The molecule has 1 saturated heterocycles. The molecule has 22 heavy (non-hydrogen) atoms. The molecule has 0 radical (unpaired) electrons. The molecule has 2 unspecified atom stereocenters. The molecule has 1 aliphatic rings. The molecule has 1 fully saturated rings. The average molecular weight is 300 g/mol. The number of rotatable bonds is 2. The Labute approximate surface area is 129 Å². The van der Waals surface area contributed by atoms with Gasteiger partial charge in [0.15, 0.2) is 5.76 Å². The lowest BCUT2D eigenvalue weighted by Gasteiger charge is -2.34. The number of carbonyl (C=O) groups is 1. The number of furan rings is 1. The molecule has 2 aromatic rings. The first-order chi connectivity index (χ1) is 10.5. The third kappa shape index (κ3) is 2.99. The van der Waals surface area contributed by atoms with Crippen molar-refractivity contribution in [1.29, 1.82) is 0 Å². The van der Waals surface area contributed by atoms with Gasteiger partial charge in [-0.25, -0.2) is 0 Å². The van der Waals surface area contributed by atoms with Crippen LogP contribution in [0, 0.1) is 0 Å². The topological polar surface area (TPSA) is 68.7 Å². The number of nitrogen functional groups attached to an aromatic ring is 1. The fraction of sp³-hybridized carbons (Fsp3) is 0.353. The Morgan fingerprint density at radius 1 is 1.09 bits per heavy atom. The van der Waals surface area contributed by atoms with Crippen molar-refractivity contribution in [2.45, 2.75) is 26.1 Å². The van der Waals surface area contributed by atoms with E-state index < -0.39 is 0 Å². The van der Waals surface area contributed by atoms with E-state index in [0.29, 0.717) is 30.3 Å². The third-order valence-electron chi connectivity index (χ3n) is 3.72. The third-order valence-corrected chi connectivity index (χ3v) is 3.72. The van der Waals surface area contributed by atoms with Gasteiger partial charge in [-0.1, -0.05) is 0 Å². The molecule has 1 amide bonds. The zero-order valence-corrected chi connectivity index (χ0v) is 12.8. The Morgan fingerprint density at radius 2 is 1.73 bits per heavy atom. The molecule has 0 bridgehead atoms. The molecule has 3 rings (SSSR count). The van der Waals surface area contributed by atoms with Gasteiger partial charge in [-0.3, -0.25) is 4.79 Å². The maximum Gasteiger partial charge on any atom is 0.289 e. The molecule has 1 aromatic carbocycles. The number of amides is 1. The lowest BCUT2D eigenvalue weighted by molar-refractivity contribution is -0.0592. The smallest absolute Gasteiger partial charge is 0.289 e. The van der Waals surface area contributed by atoms with Crippen molar-refractivity contribution < 1.29 is 13.9 Å². The number of benzene rings is 1. The highest BCUT2D eigenvalue weighted by molar-refractivity contribution is 5.92. The second-order valence-corrected chi connectivity index (χ2v) is 5.75. The van der Waals surface area contributed by atoms with Crippen molar-refractivity contribution in [2.24, 2.45) is 0 Å². The van der Waals surface area contributed by atoms with Crippen molar-refractivity contribution in [1.82, 2.24) is 4.90 Å². The van der Waals surface area contributed by atoms with E-state index in [2.05, 4.69) is 0 Å². The van der Waals surface area contributed by atoms with E-state index in [1.54, 1.807) is 11.0 Å². The van der Waals surface area contributed by atoms with Gasteiger partial charge in [0, 0.05) is 24.3 Å². The van der Waals surface area contributed by atoms with Crippen LogP contribution in [0.15, 0.2) is 40.8 Å². The number of nitrogens with zero attached hydrogens (tertiary/aromatic N) is 1. The Morgan fingerprint density at radius 3 is 2.36 bits per heavy atom. The normalized spacial score (nSPS) is 21.8. The summed E-state index contributed by atoms with van der Waals surface area (Å²) in [6.07, 6.45) is 0.0819. The summed E-state index contributed by atoms with van der Waals surface area (Å²) >= 11 is 0. The molecule has 116 valence electrons. The second-order valence-electron chi connectivity index (χ2n) is 5.75. The first-order valence-electron chi connectivity index (χ1n) is 7.43. The average Bonchev–Trinajstić information content (AvgIpc) is 2.96. The summed E-state index contributed by atoms with van der Waals surface area (Å²) in [6.45, 7) is 5.11. The van der Waals surface area contributed by atoms with Gasteiger partial charge in [0.05, 0.1) is 12.2 Å². The fourth-order valence-electron chi connectivity index (χ4n) is 2.75. The van der Waals surface area contributed by atoms with E-state index in [1.165, 1.54) is 0 Å². The van der Waals surface area contributed by atoms with Gasteiger partial charge in [0.2, 0.25) is 0 Å². The van der Waals surface area contributed by atoms with E-state index in [1.807, 2.05) is 44.2 Å². The molecule has 2 heterocycles. The van der Waals surface area contributed by atoms with Gasteiger partial charge < -0.3 is 19.8 Å². The predicted octanol–water partition coefficient (Wildman–Crippen LogP) is 2.78. The van der Waals surface area contributed by atoms with Gasteiger partial charge in [-0.2, -0.15) is 0 Å². The Hall–Kier alpha value is -2.27. The van der Waals surface area contributed by atoms with Crippen molar-refractivity contribution in [3.05, 3.63) is 42.2 Å². The minimum absolute atomic E-state index is 0.0410. The molecule has 5 heteroatoms. The number of anilines is 1. The van der Waals surface area contributed by atoms with Crippen molar-refractivity contribution >= 4 is 11.6 Å². The highest BCUT2D eigenvalue weighted by Crippen LogP contribution is 2.24. The zero-order valence-electron chi connectivity index (χ0n) is 12.8. The summed E-state index contributed by atoms with van der Waals surface area (Å²) < 4.78 is 11.4. The van der Waals surface area contributed by atoms with Crippen LogP contribution in [0.4, 0.5) is 5.69 Å². The molecule has 1 aliphatic heterocycles. The molecule has 2 atom stereocenters. The molecule has 1 aromatic heterocycles. The SMILES string of the molecule is CC1CN(C(=O)c2ccc(-c3ccc(N)cc3)o2)CC(C)O1. The van der Waals surface area contributed by atoms with Crippen LogP contribution in [-0.2, 0) is 4.74 Å². The number of morpholine rings is 1. The highest BCUT2D eigenvalue weighted by Gasteiger charge is 2.28. The van der Waals surface area contributed by atoms with Crippen molar-refractivity contribution in [3.63, 3.8) is 0 Å². The summed E-state index contributed by atoms with van der Waals surface area (Å²) in [7, 11) is 0. The number of carbonyl (C=O) groups excluding carboxylic acids is 1. The quantitative estimate of drug-likeness (QED) is 0.866. The lowest BCUT2D eigenvalue weighted by Crippen LogP contribution is -2.48. The Balaban J connectivity index is 1.78. The second kappa shape index (κ2) is 5.85. The molecule has 2 N–H and O–H groups in total. The van der Waals surface area contributed by atoms with E-state index in [-0.39, 0.29) is 18.1 Å². The van der Waals surface area contributed by atoms with Crippen molar-refractivity contribution in [2.75, 3.05) is 18.8 Å². The molecular weight excluding hydrogens is 280 g/mol. The Kier molecular flexibility index (Phi) is 3.90. The van der Waals surface area contributed by atoms with Crippen LogP contribution in [0.25, 0.3) is 11.3 Å². The molecule has 0 aliphatic carbocycles. The standard InChI is InChI=1S/C17H20N2O3/c1-11-9-19(10-12(2)21-11)17(20)16-8-7-15(22-16)13-3-5-14(18)6-4-13/h3-8,11-12H,9-10,18H2,1-2H3. The largest absolute Gasteiger partial charge is 0.451 e. The van der Waals surface area contributed by atoms with Crippen LogP contribution >= 0.6 is 0 Å². The highest BCUT2D eigenvalue weighted by atomic mass is 16.5. The predicted molar refractivity (Wildman–Crippen MR) is 84.5 cm³/mol. The van der Waals surface area contributed by atoms with Crippen LogP contribution in [0.2, 0.25) is 0 Å². The first-order valence-corrected chi connectivity index (χ1v) is 7.43. The van der Waals surface area contributed by atoms with E-state index in [0.717, 1.165) is 5.56 Å². The van der Waals surface area contributed by atoms with Gasteiger partial charge in [0.25, 0.3) is 5.91 Å². The van der Waals surface area contributed by atoms with Gasteiger partial charge in [-0.05, 0) is 50.2 Å². The minimum atomic E-state index is -0.0938. The van der Waals surface area contributed by atoms with Crippen molar-refractivity contribution in [3.8, 4) is 11.3 Å². The van der Waals surface area contributed by atoms with Crippen LogP contribution in [0.3, 0.4) is 0 Å². The van der Waals surface area contributed by atoms with Gasteiger partial charge >= 0.3 is 0 Å². The maximum absolute atomic E-state index is 12.5. The minimum Gasteiger partial charge on any atom is -0.451 e. The number of nitrogens with two attached hydrogens (primary N) is 1. The molecular formula is C17H20N2O3. The van der Waals surface area contributed by atoms with E-state index >= 15 is 0 Å². The molecule has 5 nitrogen and oxygen atoms in total. The summed E-state index contributed by atoms with van der Waals surface area (Å²) in [6, 6.07) is 10.9. The summed E-state index contributed by atoms with van der Waals surface area (Å²) in [5, 5.41) is 0. The Bertz CT molecular complexity index is 653. The molecule has 0 spiro atoms. The fourth-order valence-corrected chi connectivity index (χ4v) is 2.75. The number of hydrogen-bond donors (Lipinski definition) is 1. The monoisotopic (exact) mass is 300 g/mol. The number of ether oxygens (including phenoxy) is 1. The lowest BCUT2D eigenvalue weighted by atomic mass is 10.1. The molecule has 0 saturated carbocycles. The summed E-state index contributed by atoms with van der Waals surface area (Å²) in [5.41, 5.74) is 7.28. The zero-order chi connectivity index (χ0) is 15.7.